The van der Waals surface area contributed by atoms with Crippen molar-refractivity contribution < 1.29 is 14.2 Å². The van der Waals surface area contributed by atoms with Gasteiger partial charge in [-0.15, -0.1) is 0 Å². The Morgan fingerprint density at radius 3 is 2.50 bits per heavy atom. The van der Waals surface area contributed by atoms with E-state index in [1.165, 1.54) is 12.1 Å². The molecule has 0 aliphatic heterocycles. The van der Waals surface area contributed by atoms with Crippen molar-refractivity contribution in [3.8, 4) is 5.75 Å². The SMILES string of the molecule is OC(CNCc1ccccc1OCc1ccccc1)c1cccc(F)c1. The maximum Gasteiger partial charge on any atom is 0.124 e. The van der Waals surface area contributed by atoms with Crippen LogP contribution in [-0.4, -0.2) is 11.7 Å². The largest absolute Gasteiger partial charge is 0.489 e. The summed E-state index contributed by atoms with van der Waals surface area (Å²) < 4.78 is 19.2. The zero-order valence-corrected chi connectivity index (χ0v) is 14.4. The summed E-state index contributed by atoms with van der Waals surface area (Å²) in [7, 11) is 0. The average Bonchev–Trinajstić information content (AvgIpc) is 2.68. The third kappa shape index (κ3) is 5.15. The Kier molecular flexibility index (Phi) is 6.36. The van der Waals surface area contributed by atoms with Crippen LogP contribution >= 0.6 is 0 Å². The van der Waals surface area contributed by atoms with Gasteiger partial charge in [0, 0.05) is 18.7 Å². The first-order valence-corrected chi connectivity index (χ1v) is 8.61. The Labute approximate surface area is 153 Å². The molecule has 4 heteroatoms. The Hall–Kier alpha value is -2.69. The van der Waals surface area contributed by atoms with Crippen molar-refractivity contribution in [2.24, 2.45) is 0 Å². The third-order valence-electron chi connectivity index (χ3n) is 4.10. The predicted octanol–water partition coefficient (Wildman–Crippen LogP) is 4.23. The lowest BCUT2D eigenvalue weighted by Crippen LogP contribution is -2.21. The molecule has 26 heavy (non-hydrogen) atoms. The van der Waals surface area contributed by atoms with Crippen molar-refractivity contribution >= 4 is 0 Å². The van der Waals surface area contributed by atoms with Crippen LogP contribution in [0.4, 0.5) is 4.39 Å². The highest BCUT2D eigenvalue weighted by molar-refractivity contribution is 5.33. The Balaban J connectivity index is 1.55. The van der Waals surface area contributed by atoms with Crippen molar-refractivity contribution in [2.75, 3.05) is 6.54 Å². The fourth-order valence-corrected chi connectivity index (χ4v) is 2.70. The number of hydrogen-bond acceptors (Lipinski definition) is 3. The molecule has 0 bridgehead atoms. The van der Waals surface area contributed by atoms with E-state index in [1.54, 1.807) is 12.1 Å². The first kappa shape index (κ1) is 18.1. The van der Waals surface area contributed by atoms with E-state index in [2.05, 4.69) is 5.32 Å². The van der Waals surface area contributed by atoms with Crippen molar-refractivity contribution in [1.82, 2.24) is 5.32 Å². The molecule has 134 valence electrons. The number of aliphatic hydroxyl groups excluding tert-OH is 1. The van der Waals surface area contributed by atoms with Gasteiger partial charge in [0.15, 0.2) is 0 Å². The van der Waals surface area contributed by atoms with Gasteiger partial charge in [-0.25, -0.2) is 4.39 Å². The minimum absolute atomic E-state index is 0.330. The van der Waals surface area contributed by atoms with Gasteiger partial charge in [-0.1, -0.05) is 60.7 Å². The van der Waals surface area contributed by atoms with Gasteiger partial charge < -0.3 is 15.2 Å². The number of nitrogens with one attached hydrogen (secondary N) is 1. The molecule has 0 saturated carbocycles. The van der Waals surface area contributed by atoms with Crippen molar-refractivity contribution in [3.63, 3.8) is 0 Å². The maximum absolute atomic E-state index is 13.2. The molecule has 0 spiro atoms. The van der Waals surface area contributed by atoms with E-state index in [9.17, 15) is 9.50 Å². The molecule has 0 heterocycles. The molecule has 0 fully saturated rings. The number of halogens is 1. The fraction of sp³-hybridized carbons (Fsp3) is 0.182. The summed E-state index contributed by atoms with van der Waals surface area (Å²) in [6.07, 6.45) is -0.761. The maximum atomic E-state index is 13.2. The number of para-hydroxylation sites is 1. The molecule has 0 aromatic heterocycles. The summed E-state index contributed by atoms with van der Waals surface area (Å²) in [5, 5.41) is 13.4. The molecule has 0 radical (unpaired) electrons. The molecule has 2 N–H and O–H groups in total. The molecule has 0 saturated heterocycles. The highest BCUT2D eigenvalue weighted by atomic mass is 19.1. The number of hydrogen-bond donors (Lipinski definition) is 2. The van der Waals surface area contributed by atoms with Crippen LogP contribution in [0.3, 0.4) is 0 Å². The summed E-state index contributed by atoms with van der Waals surface area (Å²) in [5.74, 6) is 0.463. The van der Waals surface area contributed by atoms with Gasteiger partial charge in [0.2, 0.25) is 0 Å². The summed E-state index contributed by atoms with van der Waals surface area (Å²) >= 11 is 0. The molecule has 1 unspecified atom stereocenters. The lowest BCUT2D eigenvalue weighted by Gasteiger charge is -2.15. The van der Waals surface area contributed by atoms with Crippen LogP contribution in [0.15, 0.2) is 78.9 Å². The van der Waals surface area contributed by atoms with Gasteiger partial charge in [-0.3, -0.25) is 0 Å². The quantitative estimate of drug-likeness (QED) is 0.638. The molecular weight excluding hydrogens is 329 g/mol. The third-order valence-corrected chi connectivity index (χ3v) is 4.10. The summed E-state index contributed by atoms with van der Waals surface area (Å²) in [6, 6.07) is 23.8. The van der Waals surface area contributed by atoms with Gasteiger partial charge in [0.1, 0.15) is 18.2 Å². The second kappa shape index (κ2) is 9.13. The molecule has 1 atom stereocenters. The highest BCUT2D eigenvalue weighted by Crippen LogP contribution is 2.20. The van der Waals surface area contributed by atoms with Crippen LogP contribution < -0.4 is 10.1 Å². The molecule has 0 aliphatic rings. The van der Waals surface area contributed by atoms with E-state index >= 15 is 0 Å². The number of ether oxygens (including phenoxy) is 1. The standard InChI is InChI=1S/C22H22FNO2/c23-20-11-6-10-18(13-20)21(25)15-24-14-19-9-4-5-12-22(19)26-16-17-7-2-1-3-8-17/h1-13,21,24-25H,14-16H2. The molecule has 3 aromatic rings. The second-order valence-corrected chi connectivity index (χ2v) is 6.08. The Morgan fingerprint density at radius 1 is 0.923 bits per heavy atom. The number of benzene rings is 3. The average molecular weight is 351 g/mol. The van der Waals surface area contributed by atoms with Crippen LogP contribution in [0.2, 0.25) is 0 Å². The van der Waals surface area contributed by atoms with Gasteiger partial charge >= 0.3 is 0 Å². The van der Waals surface area contributed by atoms with Gasteiger partial charge in [-0.05, 0) is 29.3 Å². The topological polar surface area (TPSA) is 41.5 Å². The number of rotatable bonds is 8. The monoisotopic (exact) mass is 351 g/mol. The van der Waals surface area contributed by atoms with Crippen molar-refractivity contribution in [1.29, 1.82) is 0 Å². The lowest BCUT2D eigenvalue weighted by molar-refractivity contribution is 0.173. The van der Waals surface area contributed by atoms with E-state index < -0.39 is 6.10 Å². The molecule has 0 amide bonds. The molecule has 3 rings (SSSR count). The van der Waals surface area contributed by atoms with Crippen LogP contribution in [0.25, 0.3) is 0 Å². The van der Waals surface area contributed by atoms with Crippen LogP contribution in [0, 0.1) is 5.82 Å². The van der Waals surface area contributed by atoms with Gasteiger partial charge in [0.05, 0.1) is 6.10 Å². The minimum atomic E-state index is -0.761. The summed E-state index contributed by atoms with van der Waals surface area (Å²) in [4.78, 5) is 0. The van der Waals surface area contributed by atoms with E-state index in [0.717, 1.165) is 16.9 Å². The zero-order valence-electron chi connectivity index (χ0n) is 14.4. The van der Waals surface area contributed by atoms with E-state index in [-0.39, 0.29) is 5.82 Å². The highest BCUT2D eigenvalue weighted by Gasteiger charge is 2.09. The predicted molar refractivity (Wildman–Crippen MR) is 100 cm³/mol. The summed E-state index contributed by atoms with van der Waals surface area (Å²) in [6.45, 7) is 1.39. The van der Waals surface area contributed by atoms with Gasteiger partial charge in [0.25, 0.3) is 0 Å². The van der Waals surface area contributed by atoms with Crippen LogP contribution in [0.1, 0.15) is 22.8 Å². The van der Waals surface area contributed by atoms with Crippen molar-refractivity contribution in [3.05, 3.63) is 101 Å². The molecule has 0 aliphatic carbocycles. The van der Waals surface area contributed by atoms with Crippen molar-refractivity contribution in [2.45, 2.75) is 19.3 Å². The normalized spacial score (nSPS) is 11.9. The first-order chi connectivity index (χ1) is 12.7. The van der Waals surface area contributed by atoms with E-state index in [1.807, 2.05) is 54.6 Å². The fourth-order valence-electron chi connectivity index (χ4n) is 2.70. The Morgan fingerprint density at radius 2 is 1.69 bits per heavy atom. The lowest BCUT2D eigenvalue weighted by atomic mass is 10.1. The van der Waals surface area contributed by atoms with Crippen LogP contribution in [0.5, 0.6) is 5.75 Å². The number of aliphatic hydroxyl groups is 1. The Bertz CT molecular complexity index is 823. The molecule has 3 nitrogen and oxygen atoms in total. The van der Waals surface area contributed by atoms with E-state index in [0.29, 0.717) is 25.3 Å². The smallest absolute Gasteiger partial charge is 0.124 e. The van der Waals surface area contributed by atoms with E-state index in [4.69, 9.17) is 4.74 Å². The first-order valence-electron chi connectivity index (χ1n) is 8.61. The van der Waals surface area contributed by atoms with Gasteiger partial charge in [-0.2, -0.15) is 0 Å². The minimum Gasteiger partial charge on any atom is -0.489 e. The second-order valence-electron chi connectivity index (χ2n) is 6.08. The molecular formula is C22H22FNO2. The zero-order chi connectivity index (χ0) is 18.2. The molecule has 3 aromatic carbocycles. The summed E-state index contributed by atoms with van der Waals surface area (Å²) in [5.41, 5.74) is 2.68. The van der Waals surface area contributed by atoms with Crippen LogP contribution in [-0.2, 0) is 13.2 Å².